The third kappa shape index (κ3) is 4.36. The number of aromatic nitrogens is 1. The van der Waals surface area contributed by atoms with Crippen molar-refractivity contribution in [3.05, 3.63) is 48.5 Å². The van der Waals surface area contributed by atoms with Crippen molar-refractivity contribution in [2.45, 2.75) is 6.92 Å². The van der Waals surface area contributed by atoms with Gasteiger partial charge in [0.1, 0.15) is 5.75 Å². The number of para-hydroxylation sites is 1. The molecule has 0 saturated carbocycles. The van der Waals surface area contributed by atoms with Crippen LogP contribution in [-0.2, 0) is 4.79 Å². The molecule has 1 aliphatic rings. The van der Waals surface area contributed by atoms with E-state index in [0.29, 0.717) is 43.5 Å². The summed E-state index contributed by atoms with van der Waals surface area (Å²) in [6, 6.07) is 15.1. The van der Waals surface area contributed by atoms with Gasteiger partial charge in [0, 0.05) is 50.4 Å². The number of carbonyl (C=O) groups is 2. The number of benzene rings is 2. The number of nitrogens with one attached hydrogen (secondary N) is 1. The number of carbonyl (C=O) groups excluding carboxylic acids is 1. The van der Waals surface area contributed by atoms with Crippen molar-refractivity contribution >= 4 is 23.5 Å². The van der Waals surface area contributed by atoms with Crippen molar-refractivity contribution in [1.82, 2.24) is 10.1 Å². The van der Waals surface area contributed by atoms with Crippen LogP contribution < -0.4 is 15.0 Å². The second kappa shape index (κ2) is 9.01. The predicted octanol–water partition coefficient (Wildman–Crippen LogP) is 3.78. The molecule has 0 spiro atoms. The first-order valence-corrected chi connectivity index (χ1v) is 10.2. The first-order valence-electron chi connectivity index (χ1n) is 10.2. The molecule has 0 aliphatic carbocycles. The number of hydrogen-bond donors (Lipinski definition) is 2. The van der Waals surface area contributed by atoms with E-state index in [2.05, 4.69) is 10.5 Å². The second-order valence-electron chi connectivity index (χ2n) is 7.45. The molecule has 1 aromatic heterocycles. The van der Waals surface area contributed by atoms with Gasteiger partial charge in [-0.05, 0) is 23.8 Å². The van der Waals surface area contributed by atoms with E-state index >= 15 is 0 Å². The molecule has 1 saturated heterocycles. The molecule has 32 heavy (non-hydrogen) atoms. The average molecular weight is 436 g/mol. The highest BCUT2D eigenvalue weighted by Crippen LogP contribution is 2.40. The molecule has 2 amide bonds. The molecule has 0 atom stereocenters. The van der Waals surface area contributed by atoms with Crippen LogP contribution in [0.3, 0.4) is 0 Å². The Balaban J connectivity index is 1.59. The smallest absolute Gasteiger partial charge is 0.407 e. The number of ether oxygens (including phenoxy) is 1. The number of hydrogen-bond acceptors (Lipinski definition) is 6. The summed E-state index contributed by atoms with van der Waals surface area (Å²) in [6.07, 6.45) is -0.905. The zero-order valence-electron chi connectivity index (χ0n) is 17.9. The fourth-order valence-electron chi connectivity index (χ4n) is 3.78. The van der Waals surface area contributed by atoms with E-state index in [9.17, 15) is 9.59 Å². The summed E-state index contributed by atoms with van der Waals surface area (Å²) in [6.45, 7) is 3.42. The fraction of sp³-hybridized carbons (Fsp3) is 0.261. The van der Waals surface area contributed by atoms with Crippen LogP contribution in [0.5, 0.6) is 5.75 Å². The van der Waals surface area contributed by atoms with Crippen molar-refractivity contribution in [2.24, 2.45) is 0 Å². The van der Waals surface area contributed by atoms with Crippen LogP contribution in [0.2, 0.25) is 0 Å². The number of amides is 2. The van der Waals surface area contributed by atoms with Crippen molar-refractivity contribution in [3.63, 3.8) is 0 Å². The molecule has 3 aromatic rings. The highest BCUT2D eigenvalue weighted by atomic mass is 16.5. The molecule has 0 unspecified atom stereocenters. The predicted molar refractivity (Wildman–Crippen MR) is 120 cm³/mol. The maximum Gasteiger partial charge on any atom is 0.407 e. The van der Waals surface area contributed by atoms with E-state index < -0.39 is 6.09 Å². The van der Waals surface area contributed by atoms with Gasteiger partial charge in [-0.1, -0.05) is 29.4 Å². The Labute approximate surface area is 185 Å². The van der Waals surface area contributed by atoms with Crippen molar-refractivity contribution in [1.29, 1.82) is 0 Å². The number of methoxy groups -OCH3 is 1. The number of rotatable bonds is 5. The molecule has 0 bridgehead atoms. The van der Waals surface area contributed by atoms with Crippen LogP contribution in [0, 0.1) is 0 Å². The molecule has 4 rings (SSSR count). The summed E-state index contributed by atoms with van der Waals surface area (Å²) in [5.74, 6) is 1.76. The Morgan fingerprint density at radius 1 is 1.06 bits per heavy atom. The molecule has 2 aromatic carbocycles. The third-order valence-electron chi connectivity index (χ3n) is 5.37. The van der Waals surface area contributed by atoms with Gasteiger partial charge < -0.3 is 29.5 Å². The summed E-state index contributed by atoms with van der Waals surface area (Å²) >= 11 is 0. The van der Waals surface area contributed by atoms with Gasteiger partial charge in [0.25, 0.3) is 0 Å². The van der Waals surface area contributed by atoms with E-state index in [-0.39, 0.29) is 5.91 Å². The van der Waals surface area contributed by atoms with E-state index in [1.54, 1.807) is 7.11 Å². The van der Waals surface area contributed by atoms with Gasteiger partial charge in [-0.25, -0.2) is 4.79 Å². The number of anilines is 2. The zero-order valence-corrected chi connectivity index (χ0v) is 17.9. The quantitative estimate of drug-likeness (QED) is 0.627. The van der Waals surface area contributed by atoms with Crippen LogP contribution in [0.1, 0.15) is 6.92 Å². The van der Waals surface area contributed by atoms with Gasteiger partial charge in [-0.15, -0.1) is 0 Å². The Kier molecular flexibility index (Phi) is 5.98. The molecular weight excluding hydrogens is 412 g/mol. The van der Waals surface area contributed by atoms with Gasteiger partial charge in [0.15, 0.2) is 11.6 Å². The summed E-state index contributed by atoms with van der Waals surface area (Å²) in [7, 11) is 1.61. The maximum absolute atomic E-state index is 11.3. The number of piperazine rings is 1. The minimum absolute atomic E-state index is 0.122. The molecule has 1 fully saturated rings. The summed E-state index contributed by atoms with van der Waals surface area (Å²) in [5.41, 5.74) is 3.30. The lowest BCUT2D eigenvalue weighted by atomic mass is 10.00. The highest BCUT2D eigenvalue weighted by Gasteiger charge is 2.24. The molecule has 9 nitrogen and oxygen atoms in total. The Morgan fingerprint density at radius 2 is 1.75 bits per heavy atom. The molecule has 0 radical (unpaired) electrons. The van der Waals surface area contributed by atoms with Crippen LogP contribution in [-0.4, -0.2) is 60.5 Å². The van der Waals surface area contributed by atoms with Crippen molar-refractivity contribution < 1.29 is 24.0 Å². The molecule has 2 heterocycles. The lowest BCUT2D eigenvalue weighted by Gasteiger charge is -2.32. The maximum atomic E-state index is 11.3. The molecular formula is C23H24N4O5. The minimum Gasteiger partial charge on any atom is -0.495 e. The standard InChI is InChI=1S/C23H24N4O5/c1-15(28)24-17-8-6-16(7-9-17)18-4-3-5-19(22(18)31-2)20-14-21(25-32-20)26-10-12-27(13-11-26)23(29)30/h3-9,14H,10-13H2,1-2H3,(H,24,28)(H,29,30). The van der Waals surface area contributed by atoms with Crippen LogP contribution in [0.25, 0.3) is 22.5 Å². The monoisotopic (exact) mass is 436 g/mol. The first-order chi connectivity index (χ1) is 15.5. The van der Waals surface area contributed by atoms with E-state index in [1.807, 2.05) is 53.4 Å². The zero-order chi connectivity index (χ0) is 22.7. The van der Waals surface area contributed by atoms with Gasteiger partial charge in [-0.2, -0.15) is 0 Å². The van der Waals surface area contributed by atoms with E-state index in [1.165, 1.54) is 11.8 Å². The Morgan fingerprint density at radius 3 is 2.38 bits per heavy atom. The lowest BCUT2D eigenvalue weighted by molar-refractivity contribution is -0.114. The highest BCUT2D eigenvalue weighted by molar-refractivity contribution is 5.89. The van der Waals surface area contributed by atoms with Gasteiger partial charge >= 0.3 is 6.09 Å². The van der Waals surface area contributed by atoms with Crippen molar-refractivity contribution in [3.8, 4) is 28.2 Å². The van der Waals surface area contributed by atoms with Gasteiger partial charge in [0.05, 0.1) is 12.7 Å². The topological polar surface area (TPSA) is 108 Å². The largest absolute Gasteiger partial charge is 0.495 e. The first kappa shape index (κ1) is 21.2. The van der Waals surface area contributed by atoms with Gasteiger partial charge in [-0.3, -0.25) is 4.79 Å². The molecule has 9 heteroatoms. The van der Waals surface area contributed by atoms with Crippen LogP contribution >= 0.6 is 0 Å². The van der Waals surface area contributed by atoms with Crippen LogP contribution in [0.15, 0.2) is 53.1 Å². The molecule has 166 valence electrons. The minimum atomic E-state index is -0.905. The van der Waals surface area contributed by atoms with Gasteiger partial charge in [0.2, 0.25) is 5.91 Å². The van der Waals surface area contributed by atoms with Crippen LogP contribution in [0.4, 0.5) is 16.3 Å². The lowest BCUT2D eigenvalue weighted by Crippen LogP contribution is -2.48. The Hall–Kier alpha value is -4.01. The SMILES string of the molecule is COc1c(-c2ccc(NC(C)=O)cc2)cccc1-c1cc(N2CCN(C(=O)O)CC2)no1. The molecule has 2 N–H and O–H groups in total. The van der Waals surface area contributed by atoms with E-state index in [4.69, 9.17) is 14.4 Å². The van der Waals surface area contributed by atoms with Crippen molar-refractivity contribution in [2.75, 3.05) is 43.5 Å². The number of carboxylic acid groups (broad SMARTS) is 1. The average Bonchev–Trinajstić information content (AvgIpc) is 3.29. The second-order valence-corrected chi connectivity index (χ2v) is 7.45. The Bertz CT molecular complexity index is 1120. The third-order valence-corrected chi connectivity index (χ3v) is 5.37. The summed E-state index contributed by atoms with van der Waals surface area (Å²) in [4.78, 5) is 25.8. The summed E-state index contributed by atoms with van der Waals surface area (Å²) in [5, 5.41) is 16.1. The normalized spacial score (nSPS) is 13.7. The fourth-order valence-corrected chi connectivity index (χ4v) is 3.78. The number of nitrogens with zero attached hydrogens (tertiary/aromatic N) is 3. The van der Waals surface area contributed by atoms with E-state index in [0.717, 1.165) is 22.4 Å². The molecule has 1 aliphatic heterocycles. The summed E-state index contributed by atoms with van der Waals surface area (Å²) < 4.78 is 11.4.